The average Bonchev–Trinajstić information content (AvgIpc) is 3.00. The van der Waals surface area contributed by atoms with Crippen molar-refractivity contribution in [2.45, 2.75) is 13.0 Å². The number of carbonyl (C=O) groups excluding carboxylic acids is 1. The molecule has 0 radical (unpaired) electrons. The maximum atomic E-state index is 12.1. The Morgan fingerprint density at radius 1 is 1.21 bits per heavy atom. The second kappa shape index (κ2) is 7.19. The number of nitrogens with one attached hydrogen (secondary N) is 3. The molecule has 0 bridgehead atoms. The monoisotopic (exact) mass is 340 g/mol. The van der Waals surface area contributed by atoms with E-state index >= 15 is 0 Å². The molecule has 1 atom stereocenters. The summed E-state index contributed by atoms with van der Waals surface area (Å²) in [5.74, 6) is -0.221. The molecule has 1 unspecified atom stereocenters. The van der Waals surface area contributed by atoms with Crippen molar-refractivity contribution in [1.82, 2.24) is 10.4 Å². The highest BCUT2D eigenvalue weighted by Crippen LogP contribution is 2.16. The molecule has 1 heterocycles. The minimum Gasteiger partial charge on any atom is -0.374 e. The van der Waals surface area contributed by atoms with Crippen LogP contribution in [0.5, 0.6) is 0 Å². The van der Waals surface area contributed by atoms with Gasteiger partial charge >= 0.3 is 0 Å². The Labute approximate surface area is 144 Å². The molecule has 1 aromatic heterocycles. The van der Waals surface area contributed by atoms with Gasteiger partial charge in [-0.1, -0.05) is 29.8 Å². The Bertz CT molecular complexity index is 870. The summed E-state index contributed by atoms with van der Waals surface area (Å²) in [5, 5.41) is 8.84. The normalized spacial score (nSPS) is 12.4. The third-order valence-electron chi connectivity index (χ3n) is 3.62. The molecular weight excluding hydrogens is 324 g/mol. The molecule has 3 N–H and O–H groups in total. The third-order valence-corrected chi connectivity index (χ3v) is 3.87. The molecule has 0 aliphatic heterocycles. The van der Waals surface area contributed by atoms with E-state index in [4.69, 9.17) is 11.6 Å². The number of hydrazone groups is 1. The zero-order valence-electron chi connectivity index (χ0n) is 13.1. The van der Waals surface area contributed by atoms with E-state index in [0.717, 1.165) is 22.2 Å². The lowest BCUT2D eigenvalue weighted by Crippen LogP contribution is -2.34. The van der Waals surface area contributed by atoms with E-state index < -0.39 is 6.04 Å². The van der Waals surface area contributed by atoms with E-state index in [1.807, 2.05) is 42.6 Å². The standard InChI is InChI=1S/C18H17ClN4O/c1-12(22-15-8-6-14(19)7-9-15)18(24)23-21-11-13-10-20-17-5-3-2-4-16(13)17/h2-12,20,22H,1H3,(H,23,24). The van der Waals surface area contributed by atoms with Crippen molar-refractivity contribution in [3.63, 3.8) is 0 Å². The first-order valence-corrected chi connectivity index (χ1v) is 7.92. The fraction of sp³-hybridized carbons (Fsp3) is 0.111. The minimum atomic E-state index is -0.425. The number of rotatable bonds is 5. The highest BCUT2D eigenvalue weighted by Gasteiger charge is 2.11. The first-order chi connectivity index (χ1) is 11.6. The van der Waals surface area contributed by atoms with Crippen molar-refractivity contribution in [2.24, 2.45) is 5.10 Å². The van der Waals surface area contributed by atoms with E-state index in [2.05, 4.69) is 20.8 Å². The Morgan fingerprint density at radius 2 is 1.96 bits per heavy atom. The Hall–Kier alpha value is -2.79. The van der Waals surface area contributed by atoms with Crippen molar-refractivity contribution >= 4 is 40.3 Å². The number of para-hydroxylation sites is 1. The number of fused-ring (bicyclic) bond motifs is 1. The number of H-pyrrole nitrogens is 1. The average molecular weight is 341 g/mol. The van der Waals surface area contributed by atoms with Gasteiger partial charge in [0, 0.05) is 33.4 Å². The number of anilines is 1. The Balaban J connectivity index is 1.59. The topological polar surface area (TPSA) is 69.3 Å². The predicted octanol–water partition coefficient (Wildman–Crippen LogP) is 3.77. The molecule has 0 saturated heterocycles. The quantitative estimate of drug-likeness (QED) is 0.489. The second-order valence-electron chi connectivity index (χ2n) is 5.40. The highest BCUT2D eigenvalue weighted by atomic mass is 35.5. The fourth-order valence-corrected chi connectivity index (χ4v) is 2.45. The lowest BCUT2D eigenvalue weighted by molar-refractivity contribution is -0.121. The number of benzene rings is 2. The molecule has 122 valence electrons. The maximum absolute atomic E-state index is 12.1. The molecule has 0 fully saturated rings. The van der Waals surface area contributed by atoms with Gasteiger partial charge < -0.3 is 10.3 Å². The van der Waals surface area contributed by atoms with Crippen LogP contribution < -0.4 is 10.7 Å². The molecular formula is C18H17ClN4O. The maximum Gasteiger partial charge on any atom is 0.262 e. The number of aromatic nitrogens is 1. The van der Waals surface area contributed by atoms with Gasteiger partial charge in [0.2, 0.25) is 0 Å². The summed E-state index contributed by atoms with van der Waals surface area (Å²) < 4.78 is 0. The molecule has 3 rings (SSSR count). The first kappa shape index (κ1) is 16.1. The molecule has 2 aromatic carbocycles. The van der Waals surface area contributed by atoms with Crippen LogP contribution in [0.1, 0.15) is 12.5 Å². The number of hydrogen-bond acceptors (Lipinski definition) is 3. The summed E-state index contributed by atoms with van der Waals surface area (Å²) in [6, 6.07) is 14.7. The summed E-state index contributed by atoms with van der Waals surface area (Å²) in [4.78, 5) is 15.2. The smallest absolute Gasteiger partial charge is 0.262 e. The van der Waals surface area contributed by atoms with Crippen LogP contribution >= 0.6 is 11.6 Å². The van der Waals surface area contributed by atoms with Crippen molar-refractivity contribution in [1.29, 1.82) is 0 Å². The SMILES string of the molecule is CC(Nc1ccc(Cl)cc1)C(=O)NN=Cc1c[nH]c2ccccc12. The zero-order chi connectivity index (χ0) is 16.9. The van der Waals surface area contributed by atoms with Gasteiger partial charge in [-0.25, -0.2) is 5.43 Å². The molecule has 24 heavy (non-hydrogen) atoms. The van der Waals surface area contributed by atoms with Gasteiger partial charge in [-0.15, -0.1) is 0 Å². The van der Waals surface area contributed by atoms with E-state index in [-0.39, 0.29) is 5.91 Å². The van der Waals surface area contributed by atoms with Crippen molar-refractivity contribution in [3.05, 3.63) is 65.3 Å². The van der Waals surface area contributed by atoms with E-state index in [0.29, 0.717) is 5.02 Å². The highest BCUT2D eigenvalue weighted by molar-refractivity contribution is 6.30. The molecule has 0 spiro atoms. The lowest BCUT2D eigenvalue weighted by Gasteiger charge is -2.13. The fourth-order valence-electron chi connectivity index (χ4n) is 2.32. The predicted molar refractivity (Wildman–Crippen MR) is 98.6 cm³/mol. The van der Waals surface area contributed by atoms with Gasteiger partial charge in [0.25, 0.3) is 5.91 Å². The van der Waals surface area contributed by atoms with Gasteiger partial charge in [-0.05, 0) is 37.3 Å². The van der Waals surface area contributed by atoms with Gasteiger partial charge in [0.05, 0.1) is 6.21 Å². The summed E-state index contributed by atoms with van der Waals surface area (Å²) in [6.07, 6.45) is 3.49. The molecule has 0 aliphatic carbocycles. The molecule has 0 aliphatic rings. The van der Waals surface area contributed by atoms with Crippen LogP contribution in [0.4, 0.5) is 5.69 Å². The van der Waals surface area contributed by atoms with Crippen LogP contribution in [0, 0.1) is 0 Å². The van der Waals surface area contributed by atoms with E-state index in [1.165, 1.54) is 0 Å². The number of aromatic amines is 1. The zero-order valence-corrected chi connectivity index (χ0v) is 13.8. The van der Waals surface area contributed by atoms with Crippen LogP contribution in [-0.2, 0) is 4.79 Å². The van der Waals surface area contributed by atoms with Crippen LogP contribution in [0.25, 0.3) is 10.9 Å². The summed E-state index contributed by atoms with van der Waals surface area (Å²) >= 11 is 5.84. The first-order valence-electron chi connectivity index (χ1n) is 7.54. The summed E-state index contributed by atoms with van der Waals surface area (Å²) in [7, 11) is 0. The Kier molecular flexibility index (Phi) is 4.82. The van der Waals surface area contributed by atoms with Crippen molar-refractivity contribution in [2.75, 3.05) is 5.32 Å². The third kappa shape index (κ3) is 3.75. The number of hydrogen-bond donors (Lipinski definition) is 3. The molecule has 0 saturated carbocycles. The molecule has 3 aromatic rings. The molecule has 5 nitrogen and oxygen atoms in total. The lowest BCUT2D eigenvalue weighted by atomic mass is 10.2. The van der Waals surface area contributed by atoms with Crippen LogP contribution in [0.15, 0.2) is 59.8 Å². The van der Waals surface area contributed by atoms with E-state index in [1.54, 1.807) is 25.3 Å². The molecule has 6 heteroatoms. The second-order valence-corrected chi connectivity index (χ2v) is 5.83. The van der Waals surface area contributed by atoms with Crippen LogP contribution in [0.2, 0.25) is 5.02 Å². The van der Waals surface area contributed by atoms with Crippen LogP contribution in [0.3, 0.4) is 0 Å². The van der Waals surface area contributed by atoms with Gasteiger partial charge in [-0.2, -0.15) is 5.10 Å². The summed E-state index contributed by atoms with van der Waals surface area (Å²) in [6.45, 7) is 1.77. The number of carbonyl (C=O) groups is 1. The number of amides is 1. The van der Waals surface area contributed by atoms with Crippen molar-refractivity contribution < 1.29 is 4.79 Å². The Morgan fingerprint density at radius 3 is 2.75 bits per heavy atom. The summed E-state index contributed by atoms with van der Waals surface area (Å²) in [5.41, 5.74) is 5.32. The minimum absolute atomic E-state index is 0.221. The number of nitrogens with zero attached hydrogens (tertiary/aromatic N) is 1. The van der Waals surface area contributed by atoms with Crippen molar-refractivity contribution in [3.8, 4) is 0 Å². The largest absolute Gasteiger partial charge is 0.374 e. The van der Waals surface area contributed by atoms with Gasteiger partial charge in [-0.3, -0.25) is 4.79 Å². The van der Waals surface area contributed by atoms with E-state index in [9.17, 15) is 4.79 Å². The molecule has 1 amide bonds. The number of halogens is 1. The van der Waals surface area contributed by atoms with Gasteiger partial charge in [0.15, 0.2) is 0 Å². The van der Waals surface area contributed by atoms with Gasteiger partial charge in [0.1, 0.15) is 6.04 Å². The van der Waals surface area contributed by atoms with Crippen LogP contribution in [-0.4, -0.2) is 23.1 Å².